The summed E-state index contributed by atoms with van der Waals surface area (Å²) in [6, 6.07) is 21.8. The minimum Gasteiger partial charge on any atom is -0.478 e. The highest BCUT2D eigenvalue weighted by Crippen LogP contribution is 2.27. The van der Waals surface area contributed by atoms with Crippen molar-refractivity contribution in [3.8, 4) is 11.5 Å². The Morgan fingerprint density at radius 3 is 2.16 bits per heavy atom. The Morgan fingerprint density at radius 2 is 1.53 bits per heavy atom. The lowest BCUT2D eigenvalue weighted by molar-refractivity contribution is -0.122. The first kappa shape index (κ1) is 21.0. The van der Waals surface area contributed by atoms with Crippen molar-refractivity contribution in [1.82, 2.24) is 5.32 Å². The number of carbonyl (C=O) groups is 3. The Kier molecular flexibility index (Phi) is 5.78. The fourth-order valence-corrected chi connectivity index (χ4v) is 3.35. The van der Waals surface area contributed by atoms with Crippen LogP contribution in [0.5, 0.6) is 11.5 Å². The van der Waals surface area contributed by atoms with Gasteiger partial charge in [0.2, 0.25) is 0 Å². The van der Waals surface area contributed by atoms with Gasteiger partial charge in [-0.2, -0.15) is 0 Å². The van der Waals surface area contributed by atoms with E-state index in [4.69, 9.17) is 22.1 Å². The molecule has 0 aromatic heterocycles. The van der Waals surface area contributed by atoms with Crippen molar-refractivity contribution in [2.24, 2.45) is 0 Å². The van der Waals surface area contributed by atoms with Crippen LogP contribution in [0.15, 0.2) is 84.4 Å². The van der Waals surface area contributed by atoms with Crippen LogP contribution in [0.4, 0.5) is 5.69 Å². The zero-order valence-electron chi connectivity index (χ0n) is 16.5. The van der Waals surface area contributed by atoms with Crippen LogP contribution in [0.25, 0.3) is 6.08 Å². The average molecular weight is 444 g/mol. The third-order valence-corrected chi connectivity index (χ3v) is 4.93. The summed E-state index contributed by atoms with van der Waals surface area (Å²) in [5, 5.41) is 11.5. The van der Waals surface area contributed by atoms with Crippen molar-refractivity contribution in [2.45, 2.75) is 0 Å². The molecule has 7 nitrogen and oxygen atoms in total. The number of amides is 2. The maximum atomic E-state index is 13.1. The maximum absolute atomic E-state index is 13.1. The van der Waals surface area contributed by atoms with Crippen LogP contribution >= 0.6 is 12.2 Å². The van der Waals surface area contributed by atoms with Crippen LogP contribution in [0.1, 0.15) is 15.9 Å². The van der Waals surface area contributed by atoms with E-state index in [2.05, 4.69) is 5.32 Å². The second-order valence-electron chi connectivity index (χ2n) is 6.79. The van der Waals surface area contributed by atoms with Gasteiger partial charge in [0, 0.05) is 0 Å². The van der Waals surface area contributed by atoms with Crippen molar-refractivity contribution in [1.29, 1.82) is 0 Å². The van der Waals surface area contributed by atoms with E-state index >= 15 is 0 Å². The van der Waals surface area contributed by atoms with Crippen LogP contribution < -0.4 is 15.0 Å². The molecular weight excluding hydrogens is 428 g/mol. The molecule has 0 saturated carbocycles. The van der Waals surface area contributed by atoms with E-state index in [-0.39, 0.29) is 16.2 Å². The zero-order valence-corrected chi connectivity index (χ0v) is 17.3. The number of nitrogens with one attached hydrogen (secondary N) is 1. The molecular formula is C24H16N2O5S. The summed E-state index contributed by atoms with van der Waals surface area (Å²) in [7, 11) is 0. The molecule has 3 aromatic carbocycles. The summed E-state index contributed by atoms with van der Waals surface area (Å²) in [4.78, 5) is 37.7. The first-order valence-corrected chi connectivity index (χ1v) is 9.91. The molecule has 1 aliphatic heterocycles. The number of rotatable bonds is 5. The highest BCUT2D eigenvalue weighted by Gasteiger charge is 2.34. The second kappa shape index (κ2) is 8.83. The van der Waals surface area contributed by atoms with Crippen molar-refractivity contribution < 1.29 is 24.2 Å². The molecule has 8 heteroatoms. The summed E-state index contributed by atoms with van der Waals surface area (Å²) in [5.41, 5.74) is 0.957. The number of benzene rings is 3. The number of aromatic carboxylic acids is 1. The predicted octanol–water partition coefficient (Wildman–Crippen LogP) is 4.01. The van der Waals surface area contributed by atoms with Crippen molar-refractivity contribution in [3.63, 3.8) is 0 Å². The molecule has 1 aliphatic rings. The van der Waals surface area contributed by atoms with Gasteiger partial charge in [0.05, 0.1) is 11.3 Å². The first-order chi connectivity index (χ1) is 15.4. The fraction of sp³-hybridized carbons (Fsp3) is 0. The summed E-state index contributed by atoms with van der Waals surface area (Å²) in [5.74, 6) is -1.02. The minimum atomic E-state index is -1.06. The molecule has 0 spiro atoms. The number of para-hydroxylation sites is 1. The number of carboxylic acid groups (broad SMARTS) is 1. The molecule has 0 unspecified atom stereocenters. The van der Waals surface area contributed by atoms with Gasteiger partial charge in [0.15, 0.2) is 5.11 Å². The van der Waals surface area contributed by atoms with Crippen LogP contribution in [0.3, 0.4) is 0 Å². The maximum Gasteiger partial charge on any atom is 0.335 e. The largest absolute Gasteiger partial charge is 0.478 e. The highest BCUT2D eigenvalue weighted by atomic mass is 32.1. The zero-order chi connectivity index (χ0) is 22.7. The molecule has 158 valence electrons. The number of ether oxygens (including phenoxy) is 1. The SMILES string of the molecule is O=C1NC(=S)N(c2ccc(Oc3ccccc3)cc2)C(=O)/C1=C/c1ccc(C(=O)O)cc1. The Balaban J connectivity index is 1.58. The van der Waals surface area contributed by atoms with Gasteiger partial charge < -0.3 is 9.84 Å². The Morgan fingerprint density at radius 1 is 0.906 bits per heavy atom. The number of hydrogen-bond donors (Lipinski definition) is 2. The van der Waals surface area contributed by atoms with Gasteiger partial charge in [0.25, 0.3) is 11.8 Å². The van der Waals surface area contributed by atoms with Crippen LogP contribution in [0, 0.1) is 0 Å². The lowest BCUT2D eigenvalue weighted by atomic mass is 10.1. The van der Waals surface area contributed by atoms with Crippen molar-refractivity contribution >= 4 is 46.9 Å². The molecule has 1 heterocycles. The molecule has 3 aromatic rings. The molecule has 0 radical (unpaired) electrons. The average Bonchev–Trinajstić information content (AvgIpc) is 2.79. The number of nitrogens with zero attached hydrogens (tertiary/aromatic N) is 1. The molecule has 0 bridgehead atoms. The monoisotopic (exact) mass is 444 g/mol. The van der Waals surface area contributed by atoms with E-state index in [1.54, 1.807) is 24.3 Å². The van der Waals surface area contributed by atoms with Crippen LogP contribution in [-0.4, -0.2) is 28.0 Å². The lowest BCUT2D eigenvalue weighted by Crippen LogP contribution is -2.54. The minimum absolute atomic E-state index is 0.0323. The Hall–Kier alpha value is -4.30. The predicted molar refractivity (Wildman–Crippen MR) is 123 cm³/mol. The van der Waals surface area contributed by atoms with Gasteiger partial charge in [0.1, 0.15) is 17.1 Å². The summed E-state index contributed by atoms with van der Waals surface area (Å²) >= 11 is 5.21. The highest BCUT2D eigenvalue weighted by molar-refractivity contribution is 7.80. The number of anilines is 1. The van der Waals surface area contributed by atoms with E-state index in [1.165, 1.54) is 35.2 Å². The Bertz CT molecular complexity index is 1240. The number of carbonyl (C=O) groups excluding carboxylic acids is 2. The molecule has 2 amide bonds. The summed E-state index contributed by atoms with van der Waals surface area (Å²) in [6.07, 6.45) is 1.39. The molecule has 32 heavy (non-hydrogen) atoms. The van der Waals surface area contributed by atoms with E-state index in [9.17, 15) is 14.4 Å². The molecule has 0 atom stereocenters. The quantitative estimate of drug-likeness (QED) is 0.351. The van der Waals surface area contributed by atoms with E-state index < -0.39 is 17.8 Å². The number of thiocarbonyl (C=S) groups is 1. The van der Waals surface area contributed by atoms with Gasteiger partial charge in [-0.25, -0.2) is 4.79 Å². The van der Waals surface area contributed by atoms with Crippen LogP contribution in [-0.2, 0) is 9.59 Å². The smallest absolute Gasteiger partial charge is 0.335 e. The number of carboxylic acids is 1. The van der Waals surface area contributed by atoms with Crippen molar-refractivity contribution in [2.75, 3.05) is 4.90 Å². The third-order valence-electron chi connectivity index (χ3n) is 4.64. The molecule has 2 N–H and O–H groups in total. The van der Waals surface area contributed by atoms with Crippen molar-refractivity contribution in [3.05, 3.63) is 95.6 Å². The standard InChI is InChI=1S/C24H16N2O5S/c27-21-20(14-15-6-8-16(9-7-15)23(29)30)22(28)26(24(32)25-21)17-10-12-19(13-11-17)31-18-4-2-1-3-5-18/h1-14H,(H,29,30)(H,25,27,32)/b20-14+. The van der Waals surface area contributed by atoms with Gasteiger partial charge >= 0.3 is 5.97 Å². The van der Waals surface area contributed by atoms with Crippen LogP contribution in [0.2, 0.25) is 0 Å². The molecule has 0 aliphatic carbocycles. The van der Waals surface area contributed by atoms with E-state index in [0.29, 0.717) is 22.7 Å². The Labute approximate surface area is 188 Å². The third kappa shape index (κ3) is 4.40. The molecule has 4 rings (SSSR count). The van der Waals surface area contributed by atoms with E-state index in [1.807, 2.05) is 30.3 Å². The first-order valence-electron chi connectivity index (χ1n) is 9.50. The van der Waals surface area contributed by atoms with Gasteiger partial charge in [-0.05, 0) is 72.4 Å². The van der Waals surface area contributed by atoms with E-state index in [0.717, 1.165) is 0 Å². The number of hydrogen-bond acceptors (Lipinski definition) is 5. The van der Waals surface area contributed by atoms with Gasteiger partial charge in [-0.1, -0.05) is 30.3 Å². The fourth-order valence-electron chi connectivity index (χ4n) is 3.07. The topological polar surface area (TPSA) is 95.9 Å². The summed E-state index contributed by atoms with van der Waals surface area (Å²) in [6.45, 7) is 0. The van der Waals surface area contributed by atoms with Gasteiger partial charge in [-0.15, -0.1) is 0 Å². The summed E-state index contributed by atoms with van der Waals surface area (Å²) < 4.78 is 5.76. The molecule has 1 fully saturated rings. The normalized spacial score (nSPS) is 14.9. The van der Waals surface area contributed by atoms with Gasteiger partial charge in [-0.3, -0.25) is 19.8 Å². The lowest BCUT2D eigenvalue weighted by Gasteiger charge is -2.29. The molecule has 1 saturated heterocycles. The second-order valence-corrected chi connectivity index (χ2v) is 7.18.